The summed E-state index contributed by atoms with van der Waals surface area (Å²) in [6.07, 6.45) is 3.78. The Morgan fingerprint density at radius 1 is 1.05 bits per heavy atom. The summed E-state index contributed by atoms with van der Waals surface area (Å²) in [6, 6.07) is 22.0. The highest BCUT2D eigenvalue weighted by Gasteiger charge is 2.31. The van der Waals surface area contributed by atoms with Crippen LogP contribution in [0.1, 0.15) is 38.8 Å². The first kappa shape index (κ1) is 28.6. The lowest BCUT2D eigenvalue weighted by Gasteiger charge is -2.06. The third-order valence-corrected chi connectivity index (χ3v) is 8.12. The number of esters is 1. The molecule has 4 rings (SSSR count). The number of rotatable bonds is 9. The van der Waals surface area contributed by atoms with Crippen LogP contribution in [0.3, 0.4) is 0 Å². The second-order valence-corrected chi connectivity index (χ2v) is 10.4. The lowest BCUT2D eigenvalue weighted by molar-refractivity contribution is -0.598. The van der Waals surface area contributed by atoms with Crippen LogP contribution in [-0.2, 0) is 21.7 Å². The highest BCUT2D eigenvalue weighted by molar-refractivity contribution is 8.00. The summed E-state index contributed by atoms with van der Waals surface area (Å²) in [5.74, 6) is 0.0842. The summed E-state index contributed by atoms with van der Waals surface area (Å²) in [5, 5.41) is 9.62. The minimum atomic E-state index is -0.387. The lowest BCUT2D eigenvalue weighted by Crippen LogP contribution is -3.00. The lowest BCUT2D eigenvalue weighted by atomic mass is 10.0. The van der Waals surface area contributed by atoms with Gasteiger partial charge in [0.1, 0.15) is 4.21 Å². The fourth-order valence-corrected chi connectivity index (χ4v) is 6.26. The zero-order chi connectivity index (χ0) is 25.5. The summed E-state index contributed by atoms with van der Waals surface area (Å²) < 4.78 is 8.09. The first-order valence-electron chi connectivity index (χ1n) is 11.2. The first-order valence-corrected chi connectivity index (χ1v) is 13.4. The molecule has 0 spiro atoms. The summed E-state index contributed by atoms with van der Waals surface area (Å²) in [7, 11) is 0. The molecule has 0 amide bonds. The molecule has 0 aliphatic heterocycles. The molecule has 9 heteroatoms. The van der Waals surface area contributed by atoms with Crippen LogP contribution in [0.4, 0.5) is 0 Å². The predicted octanol–water partition coefficient (Wildman–Crippen LogP) is 3.18. The van der Waals surface area contributed by atoms with Gasteiger partial charge in [0.25, 0.3) is 0 Å². The van der Waals surface area contributed by atoms with Crippen molar-refractivity contribution in [1.82, 2.24) is 0 Å². The number of thiophene rings is 1. The van der Waals surface area contributed by atoms with Crippen molar-refractivity contribution in [3.8, 4) is 11.8 Å². The molecule has 0 bridgehead atoms. The third kappa shape index (κ3) is 7.08. The van der Waals surface area contributed by atoms with Crippen molar-refractivity contribution < 1.29 is 35.9 Å². The van der Waals surface area contributed by atoms with Gasteiger partial charge in [-0.05, 0) is 48.9 Å². The second-order valence-electron chi connectivity index (χ2n) is 7.74. The molecule has 0 saturated heterocycles. The Hall–Kier alpha value is -2.96. The van der Waals surface area contributed by atoms with E-state index in [0.29, 0.717) is 32.3 Å². The highest BCUT2D eigenvalue weighted by atomic mass is 79.9. The van der Waals surface area contributed by atoms with Crippen molar-refractivity contribution in [2.45, 2.75) is 23.3 Å². The molecule has 4 aromatic rings. The van der Waals surface area contributed by atoms with E-state index in [2.05, 4.69) is 6.07 Å². The maximum absolute atomic E-state index is 13.6. The Kier molecular flexibility index (Phi) is 10.5. The minimum absolute atomic E-state index is 0. The van der Waals surface area contributed by atoms with Gasteiger partial charge in [-0.25, -0.2) is 0 Å². The first-order chi connectivity index (χ1) is 17.5. The van der Waals surface area contributed by atoms with E-state index < -0.39 is 0 Å². The highest BCUT2D eigenvalue weighted by Crippen LogP contribution is 2.40. The topological polar surface area (TPSA) is 71.0 Å². The number of nitrogens with zero attached hydrogens (tertiary/aromatic N) is 2. The van der Waals surface area contributed by atoms with Crippen molar-refractivity contribution in [2.75, 3.05) is 6.61 Å². The molecule has 0 aliphatic carbocycles. The van der Waals surface area contributed by atoms with Crippen LogP contribution in [0.2, 0.25) is 5.02 Å². The van der Waals surface area contributed by atoms with Gasteiger partial charge in [0.05, 0.1) is 35.1 Å². The molecule has 2 aromatic carbocycles. The molecule has 5 nitrogen and oxygen atoms in total. The number of ketones is 1. The number of carbonyl (C=O) groups is 2. The molecule has 0 unspecified atom stereocenters. The monoisotopic (exact) mass is 612 g/mol. The Labute approximate surface area is 239 Å². The van der Waals surface area contributed by atoms with Gasteiger partial charge in [-0.1, -0.05) is 29.8 Å². The smallest absolute Gasteiger partial charge is 0.310 e. The zero-order valence-corrected chi connectivity index (χ0v) is 23.8. The molecule has 2 heterocycles. The Morgan fingerprint density at radius 2 is 1.73 bits per heavy atom. The van der Waals surface area contributed by atoms with E-state index in [-0.39, 0.29) is 41.8 Å². The van der Waals surface area contributed by atoms with Crippen LogP contribution in [0.25, 0.3) is 5.69 Å². The van der Waals surface area contributed by atoms with Gasteiger partial charge >= 0.3 is 5.97 Å². The average Bonchev–Trinajstić information content (AvgIpc) is 3.26. The van der Waals surface area contributed by atoms with E-state index in [4.69, 9.17) is 21.6 Å². The van der Waals surface area contributed by atoms with Crippen LogP contribution in [0, 0.1) is 11.3 Å². The molecule has 0 radical (unpaired) electrons. The Morgan fingerprint density at radius 3 is 2.35 bits per heavy atom. The molecule has 37 heavy (non-hydrogen) atoms. The normalized spacial score (nSPS) is 10.3. The average molecular weight is 614 g/mol. The number of nitriles is 1. The predicted molar refractivity (Wildman–Crippen MR) is 142 cm³/mol. The van der Waals surface area contributed by atoms with E-state index in [1.807, 2.05) is 47.3 Å². The van der Waals surface area contributed by atoms with E-state index in [9.17, 15) is 9.59 Å². The van der Waals surface area contributed by atoms with Crippen LogP contribution in [0.5, 0.6) is 0 Å². The van der Waals surface area contributed by atoms with E-state index in [1.54, 1.807) is 55.1 Å². The number of aromatic nitrogens is 1. The fraction of sp³-hybridized carbons (Fsp3) is 0.143. The molecular formula is C28H22BrClN2O3S2. The zero-order valence-electron chi connectivity index (χ0n) is 19.8. The Balaban J connectivity index is 0.00000380. The van der Waals surface area contributed by atoms with Crippen LogP contribution in [-0.4, -0.2) is 18.4 Å². The molecule has 0 aliphatic rings. The molecular weight excluding hydrogens is 592 g/mol. The minimum Gasteiger partial charge on any atom is -1.00 e. The SMILES string of the molecule is CCOC(=O)Cc1c(C(=O)c2ccc(Cl)cc2)sc(SCc2ccc(C#N)cc2)c1-[n+]1ccccc1.[Br-]. The molecule has 188 valence electrons. The van der Waals surface area contributed by atoms with Gasteiger partial charge in [-0.15, -0.1) is 23.1 Å². The van der Waals surface area contributed by atoms with Gasteiger partial charge in [-0.3, -0.25) is 9.59 Å². The van der Waals surface area contributed by atoms with Crippen molar-refractivity contribution in [3.63, 3.8) is 0 Å². The molecule has 0 saturated carbocycles. The number of benzene rings is 2. The number of halogens is 2. The number of ether oxygens (including phenoxy) is 1. The third-order valence-electron chi connectivity index (χ3n) is 5.31. The number of pyridine rings is 1. The van der Waals surface area contributed by atoms with Crippen molar-refractivity contribution >= 4 is 46.5 Å². The maximum Gasteiger partial charge on any atom is 0.310 e. The standard InChI is InChI=1S/C28H22ClN2O3S2.BrH/c1-2-34-24(32)16-23-25(31-14-4-3-5-15-31)28(35-18-20-8-6-19(17-30)7-9-20)36-27(23)26(33)21-10-12-22(29)13-11-21;/h3-15H,2,16,18H2,1H3;1H/q+1;/p-1. The van der Waals surface area contributed by atoms with Gasteiger partial charge < -0.3 is 21.7 Å². The summed E-state index contributed by atoms with van der Waals surface area (Å²) in [5.41, 5.74) is 3.59. The second kappa shape index (κ2) is 13.5. The molecule has 0 N–H and O–H groups in total. The van der Waals surface area contributed by atoms with Crippen molar-refractivity contribution in [1.29, 1.82) is 5.26 Å². The van der Waals surface area contributed by atoms with Crippen LogP contribution < -0.4 is 21.5 Å². The molecule has 2 aromatic heterocycles. The summed E-state index contributed by atoms with van der Waals surface area (Å²) in [4.78, 5) is 26.7. The number of hydrogen-bond donors (Lipinski definition) is 0. The van der Waals surface area contributed by atoms with Gasteiger partial charge in [0.2, 0.25) is 11.5 Å². The number of hydrogen-bond acceptors (Lipinski definition) is 6. The van der Waals surface area contributed by atoms with Crippen molar-refractivity contribution in [2.24, 2.45) is 0 Å². The van der Waals surface area contributed by atoms with Gasteiger partial charge in [-0.2, -0.15) is 9.83 Å². The largest absolute Gasteiger partial charge is 1.00 e. The fourth-order valence-electron chi connectivity index (χ4n) is 3.60. The quantitative estimate of drug-likeness (QED) is 0.126. The molecule has 0 atom stereocenters. The van der Waals surface area contributed by atoms with Crippen molar-refractivity contribution in [3.05, 3.63) is 111 Å². The Bertz CT molecular complexity index is 1420. The van der Waals surface area contributed by atoms with Gasteiger partial charge in [0, 0.05) is 28.5 Å². The van der Waals surface area contributed by atoms with Crippen LogP contribution >= 0.6 is 34.7 Å². The maximum atomic E-state index is 13.6. The van der Waals surface area contributed by atoms with E-state index in [0.717, 1.165) is 15.5 Å². The van der Waals surface area contributed by atoms with E-state index >= 15 is 0 Å². The molecule has 0 fully saturated rings. The summed E-state index contributed by atoms with van der Waals surface area (Å²) in [6.45, 7) is 2.02. The number of carbonyl (C=O) groups excluding carboxylic acids is 2. The summed E-state index contributed by atoms with van der Waals surface area (Å²) >= 11 is 8.99. The number of thioether (sulfide) groups is 1. The van der Waals surface area contributed by atoms with E-state index in [1.165, 1.54) is 11.3 Å². The van der Waals surface area contributed by atoms with Crippen LogP contribution in [0.15, 0.2) is 83.3 Å². The van der Waals surface area contributed by atoms with Gasteiger partial charge in [0.15, 0.2) is 12.4 Å².